The van der Waals surface area contributed by atoms with E-state index in [-0.39, 0.29) is 5.41 Å². The molecule has 0 unspecified atom stereocenters. The Morgan fingerprint density at radius 3 is 1.60 bits per heavy atom. The van der Waals surface area contributed by atoms with Crippen LogP contribution in [0.1, 0.15) is 30.5 Å². The van der Waals surface area contributed by atoms with E-state index in [0.717, 1.165) is 11.1 Å². The molecule has 0 atom stereocenters. The van der Waals surface area contributed by atoms with Crippen molar-refractivity contribution >= 4 is 0 Å². The second-order valence-electron chi connectivity index (χ2n) is 9.59. The van der Waals surface area contributed by atoms with E-state index in [1.165, 1.54) is 44.5 Å². The summed E-state index contributed by atoms with van der Waals surface area (Å²) in [4.78, 5) is 4.26. The van der Waals surface area contributed by atoms with E-state index in [2.05, 4.69) is 104 Å². The number of nitrogens with zero attached hydrogens (tertiary/aromatic N) is 2. The van der Waals surface area contributed by atoms with E-state index in [0.29, 0.717) is 5.56 Å². The molecule has 1 aliphatic rings. The molecule has 1 heterocycles. The van der Waals surface area contributed by atoms with E-state index >= 15 is 0 Å². The molecule has 166 valence electrons. The SMILES string of the molecule is CC1(C)c2c(-c3ccc(C#N)cc3)cccc2-c2cccc(-c3ccc(-c4cccnc4)cc3)c21. The minimum Gasteiger partial charge on any atom is -0.264 e. The van der Waals surface area contributed by atoms with Crippen LogP contribution in [0.3, 0.4) is 0 Å². The van der Waals surface area contributed by atoms with Crippen LogP contribution in [0.2, 0.25) is 0 Å². The summed E-state index contributed by atoms with van der Waals surface area (Å²) in [6, 6.07) is 36.3. The number of benzene rings is 4. The van der Waals surface area contributed by atoms with Crippen molar-refractivity contribution in [1.82, 2.24) is 4.98 Å². The lowest BCUT2D eigenvalue weighted by Gasteiger charge is -2.27. The van der Waals surface area contributed by atoms with E-state index < -0.39 is 0 Å². The van der Waals surface area contributed by atoms with Gasteiger partial charge in [-0.2, -0.15) is 5.26 Å². The number of hydrogen-bond acceptors (Lipinski definition) is 2. The van der Waals surface area contributed by atoms with Crippen LogP contribution in [0.4, 0.5) is 0 Å². The van der Waals surface area contributed by atoms with Crippen molar-refractivity contribution in [2.24, 2.45) is 0 Å². The summed E-state index contributed by atoms with van der Waals surface area (Å²) >= 11 is 0. The zero-order chi connectivity index (χ0) is 24.0. The van der Waals surface area contributed by atoms with Crippen molar-refractivity contribution in [1.29, 1.82) is 5.26 Å². The smallest absolute Gasteiger partial charge is 0.0991 e. The zero-order valence-corrected chi connectivity index (χ0v) is 19.8. The first-order valence-corrected chi connectivity index (χ1v) is 11.9. The highest BCUT2D eigenvalue weighted by Crippen LogP contribution is 2.54. The molecule has 0 radical (unpaired) electrons. The van der Waals surface area contributed by atoms with Crippen LogP contribution in [-0.4, -0.2) is 4.98 Å². The number of fused-ring (bicyclic) bond motifs is 3. The molecule has 0 bridgehead atoms. The molecule has 0 N–H and O–H groups in total. The summed E-state index contributed by atoms with van der Waals surface area (Å²) in [7, 11) is 0. The van der Waals surface area contributed by atoms with Crippen LogP contribution in [0.15, 0.2) is 109 Å². The predicted molar refractivity (Wildman–Crippen MR) is 143 cm³/mol. The molecule has 0 aliphatic heterocycles. The summed E-state index contributed by atoms with van der Waals surface area (Å²) < 4.78 is 0. The second-order valence-corrected chi connectivity index (χ2v) is 9.59. The number of hydrogen-bond donors (Lipinski definition) is 0. The van der Waals surface area contributed by atoms with Gasteiger partial charge in [0.25, 0.3) is 0 Å². The van der Waals surface area contributed by atoms with Gasteiger partial charge in [0.15, 0.2) is 0 Å². The minimum atomic E-state index is -0.173. The fourth-order valence-electron chi connectivity index (χ4n) is 5.61. The number of aromatic nitrogens is 1. The standard InChI is InChI=1S/C33H24N2/c1-33(2)31-27(24-13-11-22(20-34)12-14-24)7-3-9-29(31)30-10-4-8-28(32(30)33)25-17-15-23(16-18-25)26-6-5-19-35-21-26/h3-19,21H,1-2H3. The number of pyridine rings is 1. The monoisotopic (exact) mass is 448 g/mol. The Labute approximate surface area is 206 Å². The Hall–Kier alpha value is -4.48. The van der Waals surface area contributed by atoms with Crippen LogP contribution in [0.25, 0.3) is 44.5 Å². The summed E-state index contributed by atoms with van der Waals surface area (Å²) in [5.74, 6) is 0. The Kier molecular flexibility index (Phi) is 4.87. The molecule has 0 saturated carbocycles. The van der Waals surface area contributed by atoms with E-state index in [4.69, 9.17) is 0 Å². The third kappa shape index (κ3) is 3.36. The van der Waals surface area contributed by atoms with Crippen molar-refractivity contribution in [3.63, 3.8) is 0 Å². The third-order valence-electron chi connectivity index (χ3n) is 7.18. The van der Waals surface area contributed by atoms with Gasteiger partial charge in [-0.15, -0.1) is 0 Å². The van der Waals surface area contributed by atoms with E-state index in [1.807, 2.05) is 24.4 Å². The van der Waals surface area contributed by atoms with E-state index in [9.17, 15) is 5.26 Å². The average Bonchev–Trinajstić information content (AvgIpc) is 3.16. The van der Waals surface area contributed by atoms with Crippen molar-refractivity contribution in [3.8, 4) is 50.6 Å². The number of nitriles is 1. The van der Waals surface area contributed by atoms with Crippen molar-refractivity contribution in [2.75, 3.05) is 0 Å². The summed E-state index contributed by atoms with van der Waals surface area (Å²) in [5, 5.41) is 9.22. The lowest BCUT2D eigenvalue weighted by atomic mass is 9.76. The van der Waals surface area contributed by atoms with Gasteiger partial charge < -0.3 is 0 Å². The van der Waals surface area contributed by atoms with Gasteiger partial charge in [-0.25, -0.2) is 0 Å². The lowest BCUT2D eigenvalue weighted by molar-refractivity contribution is 0.664. The van der Waals surface area contributed by atoms with Crippen LogP contribution in [0, 0.1) is 11.3 Å². The quantitative estimate of drug-likeness (QED) is 0.278. The fraction of sp³-hybridized carbons (Fsp3) is 0.0909. The molecule has 5 aromatic rings. The maximum absolute atomic E-state index is 9.22. The van der Waals surface area contributed by atoms with Crippen LogP contribution in [-0.2, 0) is 5.41 Å². The van der Waals surface area contributed by atoms with E-state index in [1.54, 1.807) is 6.20 Å². The molecular weight excluding hydrogens is 424 g/mol. The zero-order valence-electron chi connectivity index (χ0n) is 19.8. The predicted octanol–water partition coefficient (Wildman–Crippen LogP) is 8.26. The van der Waals surface area contributed by atoms with Crippen LogP contribution in [0.5, 0.6) is 0 Å². The molecule has 1 aliphatic carbocycles. The van der Waals surface area contributed by atoms with Gasteiger partial charge in [0.05, 0.1) is 11.6 Å². The van der Waals surface area contributed by atoms with Crippen molar-refractivity contribution in [3.05, 3.63) is 126 Å². The Morgan fingerprint density at radius 1 is 0.571 bits per heavy atom. The van der Waals surface area contributed by atoms with Crippen LogP contribution >= 0.6 is 0 Å². The van der Waals surface area contributed by atoms with Gasteiger partial charge in [0.2, 0.25) is 0 Å². The van der Waals surface area contributed by atoms with Gasteiger partial charge >= 0.3 is 0 Å². The van der Waals surface area contributed by atoms with Crippen LogP contribution < -0.4 is 0 Å². The molecule has 2 heteroatoms. The van der Waals surface area contributed by atoms with Gasteiger partial charge in [-0.1, -0.05) is 92.7 Å². The Balaban J connectivity index is 1.48. The maximum atomic E-state index is 9.22. The normalized spacial score (nSPS) is 13.1. The highest BCUT2D eigenvalue weighted by Gasteiger charge is 2.39. The number of rotatable bonds is 3. The molecule has 4 aromatic carbocycles. The molecular formula is C33H24N2. The van der Waals surface area contributed by atoms with Gasteiger partial charge in [-0.05, 0) is 73.8 Å². The lowest BCUT2D eigenvalue weighted by Crippen LogP contribution is -2.17. The first kappa shape index (κ1) is 21.1. The molecule has 35 heavy (non-hydrogen) atoms. The summed E-state index contributed by atoms with van der Waals surface area (Å²) in [5.41, 5.74) is 13.0. The maximum Gasteiger partial charge on any atom is 0.0991 e. The van der Waals surface area contributed by atoms with Gasteiger partial charge in [-0.3, -0.25) is 4.98 Å². The Bertz CT molecular complexity index is 1590. The molecule has 0 fully saturated rings. The first-order chi connectivity index (χ1) is 17.1. The molecule has 0 saturated heterocycles. The summed E-state index contributed by atoms with van der Waals surface area (Å²) in [6.07, 6.45) is 3.71. The molecule has 1 aromatic heterocycles. The van der Waals surface area contributed by atoms with Gasteiger partial charge in [0, 0.05) is 17.8 Å². The molecule has 0 amide bonds. The van der Waals surface area contributed by atoms with Crippen molar-refractivity contribution in [2.45, 2.75) is 19.3 Å². The molecule has 2 nitrogen and oxygen atoms in total. The fourth-order valence-corrected chi connectivity index (χ4v) is 5.61. The second kappa shape index (κ2) is 8.08. The first-order valence-electron chi connectivity index (χ1n) is 11.9. The minimum absolute atomic E-state index is 0.173. The van der Waals surface area contributed by atoms with Crippen molar-refractivity contribution < 1.29 is 0 Å². The summed E-state index contributed by atoms with van der Waals surface area (Å²) in [6.45, 7) is 4.66. The molecule has 6 rings (SSSR count). The third-order valence-corrected chi connectivity index (χ3v) is 7.18. The highest BCUT2D eigenvalue weighted by atomic mass is 14.6. The highest BCUT2D eigenvalue weighted by molar-refractivity contribution is 5.92. The average molecular weight is 449 g/mol. The van der Waals surface area contributed by atoms with Gasteiger partial charge in [0.1, 0.15) is 0 Å². The topological polar surface area (TPSA) is 36.7 Å². The Morgan fingerprint density at radius 2 is 1.09 bits per heavy atom. The molecule has 0 spiro atoms. The largest absolute Gasteiger partial charge is 0.264 e.